The van der Waals surface area contributed by atoms with Crippen LogP contribution in [0.3, 0.4) is 0 Å². The lowest BCUT2D eigenvalue weighted by Gasteiger charge is -2.07. The minimum absolute atomic E-state index is 0.445. The average molecular weight is 285 g/mol. The molecular weight excluding hydrogens is 276 g/mol. The summed E-state index contributed by atoms with van der Waals surface area (Å²) in [7, 11) is 0. The van der Waals surface area contributed by atoms with E-state index in [-0.39, 0.29) is 0 Å². The molecule has 0 unspecified atom stereocenters. The fourth-order valence-electron chi connectivity index (χ4n) is 1.16. The van der Waals surface area contributed by atoms with Gasteiger partial charge in [-0.05, 0) is 18.2 Å². The largest absolute Gasteiger partial charge is 0.431 e. The van der Waals surface area contributed by atoms with Gasteiger partial charge in [0.15, 0.2) is 0 Å². The average Bonchev–Trinajstić information content (AvgIpc) is 2.73. The molecule has 1 heterocycles. The summed E-state index contributed by atoms with van der Waals surface area (Å²) in [5.41, 5.74) is 6.59. The molecule has 0 amide bonds. The Bertz CT molecular complexity index is 445. The summed E-state index contributed by atoms with van der Waals surface area (Å²) in [6, 6.07) is 5.75. The number of nitrogens with zero attached hydrogens (tertiary/aromatic N) is 1. The van der Waals surface area contributed by atoms with E-state index in [4.69, 9.17) is 10.5 Å². The molecule has 0 fully saturated rings. The van der Waals surface area contributed by atoms with Gasteiger partial charge < -0.3 is 10.5 Å². The lowest BCUT2D eigenvalue weighted by atomic mass is 10.2. The van der Waals surface area contributed by atoms with Crippen LogP contribution in [0, 0.1) is 0 Å². The van der Waals surface area contributed by atoms with E-state index in [0.717, 1.165) is 15.8 Å². The lowest BCUT2D eigenvalue weighted by molar-refractivity contribution is 0.472. The van der Waals surface area contributed by atoms with Gasteiger partial charge in [0.1, 0.15) is 5.75 Å². The highest BCUT2D eigenvalue weighted by Crippen LogP contribution is 2.28. The van der Waals surface area contributed by atoms with Gasteiger partial charge in [-0.3, -0.25) is 0 Å². The van der Waals surface area contributed by atoms with Crippen molar-refractivity contribution in [2.45, 2.75) is 6.54 Å². The second-order valence-corrected chi connectivity index (χ2v) is 4.63. The minimum Gasteiger partial charge on any atom is -0.431 e. The zero-order valence-corrected chi connectivity index (χ0v) is 10.2. The zero-order chi connectivity index (χ0) is 10.7. The summed E-state index contributed by atoms with van der Waals surface area (Å²) in [6.45, 7) is 0.445. The monoisotopic (exact) mass is 284 g/mol. The zero-order valence-electron chi connectivity index (χ0n) is 7.81. The summed E-state index contributed by atoms with van der Waals surface area (Å²) in [5.74, 6) is 0.760. The van der Waals surface area contributed by atoms with Crippen molar-refractivity contribution in [1.82, 2.24) is 4.98 Å². The van der Waals surface area contributed by atoms with Crippen molar-refractivity contribution in [3.63, 3.8) is 0 Å². The smallest absolute Gasteiger partial charge is 0.278 e. The van der Waals surface area contributed by atoms with Crippen LogP contribution >= 0.6 is 27.3 Å². The van der Waals surface area contributed by atoms with Gasteiger partial charge in [0.25, 0.3) is 5.19 Å². The van der Waals surface area contributed by atoms with Crippen LogP contribution < -0.4 is 10.5 Å². The number of rotatable bonds is 3. The molecule has 2 N–H and O–H groups in total. The highest BCUT2D eigenvalue weighted by molar-refractivity contribution is 9.10. The molecule has 0 bridgehead atoms. The number of ether oxygens (including phenoxy) is 1. The summed E-state index contributed by atoms with van der Waals surface area (Å²) in [4.78, 5) is 4.05. The van der Waals surface area contributed by atoms with E-state index in [9.17, 15) is 0 Å². The minimum atomic E-state index is 0.445. The number of thiazole rings is 1. The number of halogens is 1. The van der Waals surface area contributed by atoms with Crippen LogP contribution in [0.1, 0.15) is 5.56 Å². The topological polar surface area (TPSA) is 48.1 Å². The van der Waals surface area contributed by atoms with E-state index in [1.54, 1.807) is 6.20 Å². The normalized spacial score (nSPS) is 10.3. The quantitative estimate of drug-likeness (QED) is 0.942. The summed E-state index contributed by atoms with van der Waals surface area (Å²) in [5, 5.41) is 2.50. The lowest BCUT2D eigenvalue weighted by Crippen LogP contribution is -1.99. The molecule has 2 aromatic rings. The highest BCUT2D eigenvalue weighted by Gasteiger charge is 2.05. The number of aromatic nitrogens is 1. The molecule has 0 atom stereocenters. The maximum absolute atomic E-state index is 5.63. The molecule has 5 heteroatoms. The maximum atomic E-state index is 5.63. The molecule has 0 aliphatic rings. The molecular formula is C10H9BrN2OS. The van der Waals surface area contributed by atoms with Crippen molar-refractivity contribution >= 4 is 27.3 Å². The molecule has 0 saturated carbocycles. The molecule has 15 heavy (non-hydrogen) atoms. The molecule has 1 aromatic heterocycles. The van der Waals surface area contributed by atoms with Crippen molar-refractivity contribution in [2.24, 2.45) is 5.73 Å². The molecule has 0 aliphatic heterocycles. The van der Waals surface area contributed by atoms with Crippen molar-refractivity contribution in [2.75, 3.05) is 0 Å². The standard InChI is InChI=1S/C10H9BrN2OS/c11-8-1-2-9(7(5-8)6-12)14-10-13-3-4-15-10/h1-5H,6,12H2. The first-order chi connectivity index (χ1) is 7.29. The first kappa shape index (κ1) is 10.6. The molecule has 0 saturated heterocycles. The van der Waals surface area contributed by atoms with Crippen LogP contribution in [0.25, 0.3) is 0 Å². The van der Waals surface area contributed by atoms with Crippen molar-refractivity contribution in [3.05, 3.63) is 39.8 Å². The molecule has 0 radical (unpaired) electrons. The van der Waals surface area contributed by atoms with E-state index < -0.39 is 0 Å². The fourth-order valence-corrected chi connectivity index (χ4v) is 2.07. The SMILES string of the molecule is NCc1cc(Br)ccc1Oc1nccs1. The van der Waals surface area contributed by atoms with Crippen LogP contribution in [-0.2, 0) is 6.54 Å². The Balaban J connectivity index is 2.28. The maximum Gasteiger partial charge on any atom is 0.278 e. The second-order valence-electron chi connectivity index (χ2n) is 2.86. The van der Waals surface area contributed by atoms with Gasteiger partial charge in [-0.15, -0.1) is 0 Å². The van der Waals surface area contributed by atoms with Crippen LogP contribution in [0.2, 0.25) is 0 Å². The first-order valence-electron chi connectivity index (χ1n) is 4.35. The third kappa shape index (κ3) is 2.56. The third-order valence-corrected chi connectivity index (χ3v) is 2.99. The third-order valence-electron chi connectivity index (χ3n) is 1.85. The van der Waals surface area contributed by atoms with Gasteiger partial charge in [0.2, 0.25) is 0 Å². The number of nitrogens with two attached hydrogens (primary N) is 1. The molecule has 1 aromatic carbocycles. The molecule has 3 nitrogen and oxygen atoms in total. The predicted octanol–water partition coefficient (Wildman–Crippen LogP) is 3.16. The molecule has 0 aliphatic carbocycles. The van der Waals surface area contributed by atoms with Crippen molar-refractivity contribution in [3.8, 4) is 10.9 Å². The Labute approximate surface area is 100 Å². The molecule has 2 rings (SSSR count). The Hall–Kier alpha value is -0.910. The van der Waals surface area contributed by atoms with E-state index >= 15 is 0 Å². The Morgan fingerprint density at radius 1 is 1.47 bits per heavy atom. The van der Waals surface area contributed by atoms with E-state index in [1.165, 1.54) is 11.3 Å². The van der Waals surface area contributed by atoms with Crippen LogP contribution in [-0.4, -0.2) is 4.98 Å². The van der Waals surface area contributed by atoms with Gasteiger partial charge in [0, 0.05) is 28.2 Å². The van der Waals surface area contributed by atoms with Crippen molar-refractivity contribution in [1.29, 1.82) is 0 Å². The Morgan fingerprint density at radius 3 is 3.00 bits per heavy atom. The fraction of sp³-hybridized carbons (Fsp3) is 0.100. The van der Waals surface area contributed by atoms with Gasteiger partial charge >= 0.3 is 0 Å². The van der Waals surface area contributed by atoms with Crippen LogP contribution in [0.15, 0.2) is 34.2 Å². The van der Waals surface area contributed by atoms with E-state index in [0.29, 0.717) is 11.7 Å². The van der Waals surface area contributed by atoms with Gasteiger partial charge in [-0.2, -0.15) is 0 Å². The molecule has 78 valence electrons. The first-order valence-corrected chi connectivity index (χ1v) is 6.02. The van der Waals surface area contributed by atoms with Gasteiger partial charge in [0.05, 0.1) is 0 Å². The van der Waals surface area contributed by atoms with E-state index in [1.807, 2.05) is 23.6 Å². The van der Waals surface area contributed by atoms with Crippen molar-refractivity contribution < 1.29 is 4.74 Å². The van der Waals surface area contributed by atoms with Crippen LogP contribution in [0.4, 0.5) is 0 Å². The van der Waals surface area contributed by atoms with Gasteiger partial charge in [-0.25, -0.2) is 4.98 Å². The highest BCUT2D eigenvalue weighted by atomic mass is 79.9. The number of hydrogen-bond acceptors (Lipinski definition) is 4. The summed E-state index contributed by atoms with van der Waals surface area (Å²) >= 11 is 4.85. The summed E-state index contributed by atoms with van der Waals surface area (Å²) < 4.78 is 6.60. The number of benzene rings is 1. The van der Waals surface area contributed by atoms with E-state index in [2.05, 4.69) is 20.9 Å². The number of hydrogen-bond donors (Lipinski definition) is 1. The Morgan fingerprint density at radius 2 is 2.33 bits per heavy atom. The molecule has 0 spiro atoms. The predicted molar refractivity (Wildman–Crippen MR) is 64.2 cm³/mol. The Kier molecular flexibility index (Phi) is 3.35. The van der Waals surface area contributed by atoms with Crippen LogP contribution in [0.5, 0.6) is 10.9 Å². The second kappa shape index (κ2) is 4.74. The summed E-state index contributed by atoms with van der Waals surface area (Å²) in [6.07, 6.45) is 1.71. The van der Waals surface area contributed by atoms with Gasteiger partial charge in [-0.1, -0.05) is 27.3 Å².